The van der Waals surface area contributed by atoms with Crippen molar-refractivity contribution >= 4 is 45.5 Å². The van der Waals surface area contributed by atoms with Gasteiger partial charge in [0.05, 0.1) is 0 Å². The van der Waals surface area contributed by atoms with Gasteiger partial charge in [0.1, 0.15) is 28.4 Å². The average molecular weight is 428 g/mol. The first-order valence-corrected chi connectivity index (χ1v) is 9.79. The van der Waals surface area contributed by atoms with Crippen molar-refractivity contribution < 1.29 is 14.0 Å². The van der Waals surface area contributed by atoms with Gasteiger partial charge in [-0.3, -0.25) is 9.59 Å². The molecule has 0 saturated heterocycles. The molecule has 3 rings (SSSR count). The average Bonchev–Trinajstić information content (AvgIpc) is 3.10. The van der Waals surface area contributed by atoms with E-state index < -0.39 is 17.8 Å². The fourth-order valence-corrected chi connectivity index (χ4v) is 3.78. The number of rotatable bonds is 7. The maximum absolute atomic E-state index is 13.4. The van der Waals surface area contributed by atoms with Crippen LogP contribution in [0.3, 0.4) is 0 Å². The lowest BCUT2D eigenvalue weighted by Crippen LogP contribution is -2.39. The zero-order valence-corrected chi connectivity index (χ0v) is 17.5. The highest BCUT2D eigenvalue weighted by atomic mass is 32.1. The number of hydrogen-bond acceptors (Lipinski definition) is 8. The van der Waals surface area contributed by atoms with E-state index in [-0.39, 0.29) is 16.5 Å². The van der Waals surface area contributed by atoms with Gasteiger partial charge in [-0.25, -0.2) is 14.4 Å². The third-order valence-corrected chi connectivity index (χ3v) is 5.50. The highest BCUT2D eigenvalue weighted by molar-refractivity contribution is 7.18. The van der Waals surface area contributed by atoms with Crippen molar-refractivity contribution in [2.75, 3.05) is 29.6 Å². The van der Waals surface area contributed by atoms with Gasteiger partial charge in [-0.2, -0.15) is 0 Å². The second kappa shape index (κ2) is 8.46. The molecule has 156 valence electrons. The number of anilines is 4. The first-order chi connectivity index (χ1) is 14.2. The van der Waals surface area contributed by atoms with Crippen LogP contribution in [0.25, 0.3) is 0 Å². The van der Waals surface area contributed by atoms with Gasteiger partial charge in [-0.05, 0) is 43.3 Å². The molecule has 0 radical (unpaired) electrons. The number of carbonyl (C=O) groups excluding carboxylic acids is 2. The molecule has 30 heavy (non-hydrogen) atoms. The summed E-state index contributed by atoms with van der Waals surface area (Å²) in [6, 6.07) is 8.10. The number of ketones is 1. The summed E-state index contributed by atoms with van der Waals surface area (Å²) in [6.45, 7) is 1.59. The number of aromatic nitrogens is 2. The van der Waals surface area contributed by atoms with Crippen LogP contribution in [0.15, 0.2) is 42.6 Å². The Bertz CT molecular complexity index is 1070. The van der Waals surface area contributed by atoms with Crippen molar-refractivity contribution in [3.63, 3.8) is 0 Å². The molecule has 3 aromatic rings. The molecule has 1 amide bonds. The second-order valence-electron chi connectivity index (χ2n) is 6.76. The number of nitrogen functional groups attached to an aromatic ring is 1. The Kier molecular flexibility index (Phi) is 5.97. The van der Waals surface area contributed by atoms with Crippen molar-refractivity contribution in [2.45, 2.75) is 13.0 Å². The molecule has 0 spiro atoms. The van der Waals surface area contributed by atoms with E-state index in [1.807, 2.05) is 19.0 Å². The summed E-state index contributed by atoms with van der Waals surface area (Å²) >= 11 is 1.03. The molecule has 2 heterocycles. The Labute approximate surface area is 177 Å². The van der Waals surface area contributed by atoms with Crippen molar-refractivity contribution in [1.82, 2.24) is 9.97 Å². The number of halogens is 1. The minimum Gasteiger partial charge on any atom is -0.382 e. The molecule has 0 saturated carbocycles. The van der Waals surface area contributed by atoms with E-state index in [1.165, 1.54) is 35.4 Å². The van der Waals surface area contributed by atoms with Crippen LogP contribution in [0, 0.1) is 5.82 Å². The SMILES string of the molecule is CC(C(N)=O)N(c1ccc(F)cc1)c1nc(N)c(C(=O)c2ccc(N(C)C)nc2)s1. The van der Waals surface area contributed by atoms with Gasteiger partial charge in [-0.1, -0.05) is 11.3 Å². The van der Waals surface area contributed by atoms with Crippen molar-refractivity contribution in [1.29, 1.82) is 0 Å². The van der Waals surface area contributed by atoms with Crippen LogP contribution in [0.2, 0.25) is 0 Å². The van der Waals surface area contributed by atoms with Crippen LogP contribution in [0.1, 0.15) is 22.2 Å². The van der Waals surface area contributed by atoms with Gasteiger partial charge in [0.2, 0.25) is 11.7 Å². The Morgan fingerprint density at radius 2 is 1.80 bits per heavy atom. The second-order valence-corrected chi connectivity index (χ2v) is 7.74. The Morgan fingerprint density at radius 1 is 1.13 bits per heavy atom. The molecule has 1 unspecified atom stereocenters. The maximum Gasteiger partial charge on any atom is 0.240 e. The fourth-order valence-electron chi connectivity index (χ4n) is 2.73. The van der Waals surface area contributed by atoms with E-state index in [0.29, 0.717) is 22.2 Å². The molecule has 0 fully saturated rings. The molecule has 1 aromatic carbocycles. The number of nitrogens with two attached hydrogens (primary N) is 2. The van der Waals surface area contributed by atoms with Gasteiger partial charge in [0, 0.05) is 31.5 Å². The minimum atomic E-state index is -0.801. The van der Waals surface area contributed by atoms with E-state index >= 15 is 0 Å². The standard InChI is InChI=1S/C20H21FN6O2S/c1-11(19(23)29)27(14-7-5-13(21)6-8-14)20-25-18(22)17(30-20)16(28)12-4-9-15(24-10-12)26(2)3/h4-11H,22H2,1-3H3,(H2,23,29). The summed E-state index contributed by atoms with van der Waals surface area (Å²) in [7, 11) is 3.70. The normalized spacial score (nSPS) is 11.7. The van der Waals surface area contributed by atoms with Crippen LogP contribution < -0.4 is 21.3 Å². The molecular weight excluding hydrogens is 407 g/mol. The zero-order chi connectivity index (χ0) is 22.0. The Hall–Kier alpha value is -3.53. The number of nitrogens with zero attached hydrogens (tertiary/aromatic N) is 4. The number of hydrogen-bond donors (Lipinski definition) is 2. The van der Waals surface area contributed by atoms with Gasteiger partial charge in [0.15, 0.2) is 5.13 Å². The number of thiazole rings is 1. The molecule has 0 aliphatic heterocycles. The molecule has 2 aromatic heterocycles. The van der Waals surface area contributed by atoms with Gasteiger partial charge < -0.3 is 21.3 Å². The molecule has 0 aliphatic carbocycles. The summed E-state index contributed by atoms with van der Waals surface area (Å²) < 4.78 is 13.4. The lowest BCUT2D eigenvalue weighted by atomic mass is 10.1. The highest BCUT2D eigenvalue weighted by Gasteiger charge is 2.27. The van der Waals surface area contributed by atoms with Gasteiger partial charge in [0.25, 0.3) is 0 Å². The van der Waals surface area contributed by atoms with E-state index in [9.17, 15) is 14.0 Å². The summed E-state index contributed by atoms with van der Waals surface area (Å²) in [5, 5.41) is 0.298. The first-order valence-electron chi connectivity index (χ1n) is 8.97. The summed E-state index contributed by atoms with van der Waals surface area (Å²) in [6.07, 6.45) is 1.47. The number of pyridine rings is 1. The quantitative estimate of drug-likeness (QED) is 0.555. The number of amides is 1. The largest absolute Gasteiger partial charge is 0.382 e. The molecular formula is C20H21FN6O2S. The van der Waals surface area contributed by atoms with Crippen molar-refractivity contribution in [3.05, 3.63) is 58.9 Å². The predicted molar refractivity (Wildman–Crippen MR) is 116 cm³/mol. The summed E-state index contributed by atoms with van der Waals surface area (Å²) in [5.41, 5.74) is 12.4. The molecule has 10 heteroatoms. The Morgan fingerprint density at radius 3 is 2.33 bits per heavy atom. The number of carbonyl (C=O) groups is 2. The lowest BCUT2D eigenvalue weighted by Gasteiger charge is -2.26. The topological polar surface area (TPSA) is 118 Å². The molecule has 0 aliphatic rings. The van der Waals surface area contributed by atoms with Crippen LogP contribution in [0.5, 0.6) is 0 Å². The highest BCUT2D eigenvalue weighted by Crippen LogP contribution is 2.36. The molecule has 0 bridgehead atoms. The van der Waals surface area contributed by atoms with E-state index in [0.717, 1.165) is 11.3 Å². The van der Waals surface area contributed by atoms with Crippen LogP contribution in [-0.2, 0) is 4.79 Å². The minimum absolute atomic E-state index is 0.0282. The predicted octanol–water partition coefficient (Wildman–Crippen LogP) is 2.57. The first kappa shape index (κ1) is 21.2. The Balaban J connectivity index is 1.99. The third kappa shape index (κ3) is 4.23. The van der Waals surface area contributed by atoms with Crippen LogP contribution in [-0.4, -0.2) is 41.8 Å². The molecule has 1 atom stereocenters. The maximum atomic E-state index is 13.4. The molecule has 8 nitrogen and oxygen atoms in total. The smallest absolute Gasteiger partial charge is 0.240 e. The van der Waals surface area contributed by atoms with Gasteiger partial charge >= 0.3 is 0 Å². The van der Waals surface area contributed by atoms with Gasteiger partial charge in [-0.15, -0.1) is 0 Å². The third-order valence-electron chi connectivity index (χ3n) is 4.43. The fraction of sp³-hybridized carbons (Fsp3) is 0.200. The molecule has 4 N–H and O–H groups in total. The zero-order valence-electron chi connectivity index (χ0n) is 16.7. The van der Waals surface area contributed by atoms with Crippen molar-refractivity contribution in [2.24, 2.45) is 5.73 Å². The van der Waals surface area contributed by atoms with Crippen molar-refractivity contribution in [3.8, 4) is 0 Å². The van der Waals surface area contributed by atoms with E-state index in [2.05, 4.69) is 9.97 Å². The van der Waals surface area contributed by atoms with E-state index in [4.69, 9.17) is 11.5 Å². The number of benzene rings is 1. The summed E-state index contributed by atoms with van der Waals surface area (Å²) in [4.78, 5) is 36.9. The van der Waals surface area contributed by atoms with E-state index in [1.54, 1.807) is 19.1 Å². The van der Waals surface area contributed by atoms with Crippen LogP contribution >= 0.6 is 11.3 Å². The number of primary amides is 1. The lowest BCUT2D eigenvalue weighted by molar-refractivity contribution is -0.118. The summed E-state index contributed by atoms with van der Waals surface area (Å²) in [5.74, 6) is -0.624. The monoisotopic (exact) mass is 428 g/mol. The van der Waals surface area contributed by atoms with Crippen LogP contribution in [0.4, 0.5) is 26.8 Å².